The Hall–Kier alpha value is -0.900. The summed E-state index contributed by atoms with van der Waals surface area (Å²) in [5.41, 5.74) is 2.33. The molecule has 2 fully saturated rings. The Kier molecular flexibility index (Phi) is 3.14. The Bertz CT molecular complexity index is 424. The van der Waals surface area contributed by atoms with Crippen molar-refractivity contribution in [1.29, 1.82) is 0 Å². The summed E-state index contributed by atoms with van der Waals surface area (Å²) in [6.45, 7) is 2.09. The molecule has 1 aliphatic carbocycles. The molecule has 0 aromatic heterocycles. The maximum atomic E-state index is 9.53. The van der Waals surface area contributed by atoms with Gasteiger partial charge in [-0.05, 0) is 30.9 Å². The number of hydrogen-bond acceptors (Lipinski definition) is 3. The second kappa shape index (κ2) is 4.65. The van der Waals surface area contributed by atoms with E-state index in [0.717, 1.165) is 31.2 Å². The van der Waals surface area contributed by atoms with Gasteiger partial charge in [-0.15, -0.1) is 0 Å². The van der Waals surface area contributed by atoms with Crippen LogP contribution in [-0.4, -0.2) is 23.6 Å². The Balaban J connectivity index is 1.89. The van der Waals surface area contributed by atoms with E-state index in [2.05, 4.69) is 19.1 Å². The number of ether oxygens (including phenoxy) is 2. The smallest absolute Gasteiger partial charge is 0.169 e. The molecule has 1 aromatic carbocycles. The topological polar surface area (TPSA) is 38.7 Å². The summed E-state index contributed by atoms with van der Waals surface area (Å²) in [7, 11) is 0. The molecule has 1 saturated heterocycles. The van der Waals surface area contributed by atoms with Gasteiger partial charge in [-0.1, -0.05) is 24.3 Å². The van der Waals surface area contributed by atoms with Crippen molar-refractivity contribution in [2.75, 3.05) is 6.61 Å². The van der Waals surface area contributed by atoms with Crippen molar-refractivity contribution < 1.29 is 14.6 Å². The molecule has 0 unspecified atom stereocenters. The molecule has 18 heavy (non-hydrogen) atoms. The molecule has 3 nitrogen and oxygen atoms in total. The molecule has 1 aliphatic heterocycles. The average molecular weight is 248 g/mol. The summed E-state index contributed by atoms with van der Waals surface area (Å²) >= 11 is 0. The third kappa shape index (κ3) is 1.96. The number of aliphatic hydroxyl groups is 1. The largest absolute Gasteiger partial charge is 0.394 e. The van der Waals surface area contributed by atoms with Crippen molar-refractivity contribution in [2.24, 2.45) is 0 Å². The predicted octanol–water partition coefficient (Wildman–Crippen LogP) is 2.71. The van der Waals surface area contributed by atoms with E-state index in [1.54, 1.807) is 0 Å². The number of aliphatic hydroxyl groups excluding tert-OH is 1. The highest BCUT2D eigenvalue weighted by Gasteiger charge is 2.49. The van der Waals surface area contributed by atoms with Crippen molar-refractivity contribution in [1.82, 2.24) is 0 Å². The van der Waals surface area contributed by atoms with Gasteiger partial charge in [0.1, 0.15) is 12.2 Å². The van der Waals surface area contributed by atoms with Crippen molar-refractivity contribution in [2.45, 2.75) is 50.6 Å². The van der Waals surface area contributed by atoms with Gasteiger partial charge >= 0.3 is 0 Å². The normalized spacial score (nSPS) is 30.1. The Morgan fingerprint density at radius 3 is 2.61 bits per heavy atom. The van der Waals surface area contributed by atoms with Gasteiger partial charge in [-0.25, -0.2) is 0 Å². The van der Waals surface area contributed by atoms with Crippen molar-refractivity contribution in [3.8, 4) is 0 Å². The zero-order chi connectivity index (χ0) is 12.6. The molecule has 0 bridgehead atoms. The van der Waals surface area contributed by atoms with Gasteiger partial charge in [0.2, 0.25) is 0 Å². The van der Waals surface area contributed by atoms with Crippen molar-refractivity contribution in [3.63, 3.8) is 0 Å². The molecule has 2 aliphatic rings. The van der Waals surface area contributed by atoms with Crippen molar-refractivity contribution in [3.05, 3.63) is 35.4 Å². The molecule has 1 heterocycles. The van der Waals surface area contributed by atoms with Gasteiger partial charge in [0.25, 0.3) is 0 Å². The maximum Gasteiger partial charge on any atom is 0.169 e. The maximum absolute atomic E-state index is 9.53. The quantitative estimate of drug-likeness (QED) is 0.874. The van der Waals surface area contributed by atoms with Crippen LogP contribution in [0.5, 0.6) is 0 Å². The van der Waals surface area contributed by atoms with E-state index in [1.807, 2.05) is 12.1 Å². The van der Waals surface area contributed by atoms with Gasteiger partial charge in [0.05, 0.1) is 6.61 Å². The first-order valence-electron chi connectivity index (χ1n) is 6.76. The number of aryl methyl sites for hydroxylation is 1. The van der Waals surface area contributed by atoms with Crippen LogP contribution in [0.4, 0.5) is 0 Å². The SMILES string of the molecule is Cc1ccccc1[C@@H]1OC2(CCCC2)O[C@H]1CO. The molecule has 1 aromatic rings. The lowest BCUT2D eigenvalue weighted by atomic mass is 10.00. The van der Waals surface area contributed by atoms with E-state index in [1.165, 1.54) is 5.56 Å². The second-order valence-electron chi connectivity index (χ2n) is 5.35. The van der Waals surface area contributed by atoms with E-state index in [4.69, 9.17) is 9.47 Å². The fraction of sp³-hybridized carbons (Fsp3) is 0.600. The monoisotopic (exact) mass is 248 g/mol. The molecular formula is C15H20O3. The van der Waals surface area contributed by atoms with E-state index in [-0.39, 0.29) is 18.8 Å². The summed E-state index contributed by atoms with van der Waals surface area (Å²) in [6, 6.07) is 8.18. The summed E-state index contributed by atoms with van der Waals surface area (Å²) in [5.74, 6) is -0.430. The van der Waals surface area contributed by atoms with Crippen LogP contribution in [0.1, 0.15) is 42.9 Å². The Morgan fingerprint density at radius 1 is 1.22 bits per heavy atom. The third-order valence-corrected chi connectivity index (χ3v) is 4.09. The molecule has 0 radical (unpaired) electrons. The van der Waals surface area contributed by atoms with Gasteiger partial charge in [-0.3, -0.25) is 0 Å². The van der Waals surface area contributed by atoms with Gasteiger partial charge in [-0.2, -0.15) is 0 Å². The van der Waals surface area contributed by atoms with Gasteiger partial charge in [0, 0.05) is 12.8 Å². The lowest BCUT2D eigenvalue weighted by molar-refractivity contribution is -0.172. The van der Waals surface area contributed by atoms with E-state index in [9.17, 15) is 5.11 Å². The third-order valence-electron chi connectivity index (χ3n) is 4.09. The summed E-state index contributed by atoms with van der Waals surface area (Å²) in [4.78, 5) is 0. The highest BCUT2D eigenvalue weighted by atomic mass is 16.8. The van der Waals surface area contributed by atoms with E-state index < -0.39 is 5.79 Å². The molecule has 0 amide bonds. The Labute approximate surface area is 108 Å². The fourth-order valence-corrected chi connectivity index (χ4v) is 3.12. The molecular weight excluding hydrogens is 228 g/mol. The van der Waals surface area contributed by atoms with Crippen LogP contribution in [0.3, 0.4) is 0 Å². The standard InChI is InChI=1S/C15H20O3/c1-11-6-2-3-7-12(11)14-13(10-16)17-15(18-14)8-4-5-9-15/h2-3,6-7,13-14,16H,4-5,8-10H2,1H3/t13-,14-/m0/s1. The van der Waals surface area contributed by atoms with Gasteiger partial charge in [0.15, 0.2) is 5.79 Å². The van der Waals surface area contributed by atoms with Crippen LogP contribution >= 0.6 is 0 Å². The molecule has 3 heteroatoms. The van der Waals surface area contributed by atoms with Crippen LogP contribution in [0.2, 0.25) is 0 Å². The first kappa shape index (κ1) is 12.2. The molecule has 1 N–H and O–H groups in total. The molecule has 1 spiro atoms. The molecule has 1 saturated carbocycles. The molecule has 2 atom stereocenters. The first-order valence-corrected chi connectivity index (χ1v) is 6.76. The van der Waals surface area contributed by atoms with Crippen LogP contribution in [0.15, 0.2) is 24.3 Å². The van der Waals surface area contributed by atoms with Crippen LogP contribution < -0.4 is 0 Å². The lowest BCUT2D eigenvalue weighted by Gasteiger charge is -2.22. The van der Waals surface area contributed by atoms with Crippen molar-refractivity contribution >= 4 is 0 Å². The van der Waals surface area contributed by atoms with Crippen LogP contribution in [0.25, 0.3) is 0 Å². The fourth-order valence-electron chi connectivity index (χ4n) is 3.12. The highest BCUT2D eigenvalue weighted by molar-refractivity contribution is 5.29. The molecule has 3 rings (SSSR count). The lowest BCUT2D eigenvalue weighted by Crippen LogP contribution is -2.27. The van der Waals surface area contributed by atoms with Crippen LogP contribution in [0, 0.1) is 6.92 Å². The highest BCUT2D eigenvalue weighted by Crippen LogP contribution is 2.47. The minimum atomic E-state index is -0.430. The zero-order valence-corrected chi connectivity index (χ0v) is 10.8. The number of rotatable bonds is 2. The molecule has 98 valence electrons. The van der Waals surface area contributed by atoms with E-state index in [0.29, 0.717) is 0 Å². The first-order chi connectivity index (χ1) is 8.74. The zero-order valence-electron chi connectivity index (χ0n) is 10.8. The summed E-state index contributed by atoms with van der Waals surface area (Å²) < 4.78 is 12.2. The Morgan fingerprint density at radius 2 is 1.94 bits per heavy atom. The second-order valence-corrected chi connectivity index (χ2v) is 5.35. The predicted molar refractivity (Wildman–Crippen MR) is 68.2 cm³/mol. The number of hydrogen-bond donors (Lipinski definition) is 1. The summed E-state index contributed by atoms with van der Waals surface area (Å²) in [5, 5.41) is 9.53. The minimum absolute atomic E-state index is 0.0146. The van der Waals surface area contributed by atoms with E-state index >= 15 is 0 Å². The number of benzene rings is 1. The van der Waals surface area contributed by atoms with Gasteiger partial charge < -0.3 is 14.6 Å². The minimum Gasteiger partial charge on any atom is -0.394 e. The summed E-state index contributed by atoms with van der Waals surface area (Å²) in [6.07, 6.45) is 3.84. The van der Waals surface area contributed by atoms with Crippen LogP contribution in [-0.2, 0) is 9.47 Å². The average Bonchev–Trinajstić information content (AvgIpc) is 2.98.